The highest BCUT2D eigenvalue weighted by Gasteiger charge is 2.14. The van der Waals surface area contributed by atoms with Gasteiger partial charge in [-0.25, -0.2) is 4.68 Å². The molecule has 1 aliphatic heterocycles. The monoisotopic (exact) mass is 346 g/mol. The molecule has 0 radical (unpaired) electrons. The maximum Gasteiger partial charge on any atom is 0.198 e. The van der Waals surface area contributed by atoms with Gasteiger partial charge in [0.2, 0.25) is 0 Å². The second kappa shape index (κ2) is 7.49. The van der Waals surface area contributed by atoms with Crippen LogP contribution in [0.3, 0.4) is 0 Å². The fourth-order valence-corrected chi connectivity index (χ4v) is 3.20. The summed E-state index contributed by atoms with van der Waals surface area (Å²) in [5.74, 6) is 1.73. The lowest BCUT2D eigenvalue weighted by molar-refractivity contribution is 0.171. The third kappa shape index (κ3) is 3.87. The Morgan fingerprint density at radius 1 is 1.12 bits per heavy atom. The number of aryl methyl sites for hydroxylation is 2. The zero-order valence-electron chi connectivity index (χ0n) is 14.8. The SMILES string of the molecule is Cc1ccc(OCc2nn(CN3CCCCC3)c(=S)n2C)cc1C. The lowest BCUT2D eigenvalue weighted by Crippen LogP contribution is -2.32. The van der Waals surface area contributed by atoms with Gasteiger partial charge >= 0.3 is 0 Å². The molecule has 0 saturated carbocycles. The number of rotatable bonds is 5. The molecule has 2 heterocycles. The Balaban J connectivity index is 1.68. The Hall–Kier alpha value is -1.66. The van der Waals surface area contributed by atoms with Crippen molar-refractivity contribution in [2.75, 3.05) is 13.1 Å². The van der Waals surface area contributed by atoms with Crippen molar-refractivity contribution in [2.45, 2.75) is 46.4 Å². The molecule has 1 aromatic carbocycles. The molecule has 1 saturated heterocycles. The van der Waals surface area contributed by atoms with E-state index in [-0.39, 0.29) is 0 Å². The van der Waals surface area contributed by atoms with Gasteiger partial charge in [-0.1, -0.05) is 12.5 Å². The van der Waals surface area contributed by atoms with E-state index in [2.05, 4.69) is 36.0 Å². The van der Waals surface area contributed by atoms with E-state index in [9.17, 15) is 0 Å². The quantitative estimate of drug-likeness (QED) is 0.775. The number of benzene rings is 1. The summed E-state index contributed by atoms with van der Waals surface area (Å²) in [5.41, 5.74) is 2.50. The van der Waals surface area contributed by atoms with Gasteiger partial charge in [-0.2, -0.15) is 5.10 Å². The van der Waals surface area contributed by atoms with Crippen LogP contribution in [-0.2, 0) is 20.3 Å². The van der Waals surface area contributed by atoms with Crippen LogP contribution >= 0.6 is 12.2 Å². The van der Waals surface area contributed by atoms with Crippen molar-refractivity contribution in [1.82, 2.24) is 19.2 Å². The fourth-order valence-electron chi connectivity index (χ4n) is 2.99. The largest absolute Gasteiger partial charge is 0.486 e. The fraction of sp³-hybridized carbons (Fsp3) is 0.556. The van der Waals surface area contributed by atoms with E-state index in [1.165, 1.54) is 30.4 Å². The van der Waals surface area contributed by atoms with Crippen LogP contribution in [0, 0.1) is 18.6 Å². The average molecular weight is 346 g/mol. The molecular weight excluding hydrogens is 320 g/mol. The van der Waals surface area contributed by atoms with Crippen LogP contribution in [0.1, 0.15) is 36.2 Å². The first-order valence-electron chi connectivity index (χ1n) is 8.60. The van der Waals surface area contributed by atoms with Gasteiger partial charge in [0.1, 0.15) is 12.4 Å². The minimum absolute atomic E-state index is 0.426. The molecule has 0 spiro atoms. The van der Waals surface area contributed by atoms with Crippen molar-refractivity contribution in [3.05, 3.63) is 39.9 Å². The third-order valence-electron chi connectivity index (χ3n) is 4.76. The van der Waals surface area contributed by atoms with E-state index in [1.807, 2.05) is 22.4 Å². The summed E-state index contributed by atoms with van der Waals surface area (Å²) in [6.07, 6.45) is 3.87. The Morgan fingerprint density at radius 2 is 1.88 bits per heavy atom. The van der Waals surface area contributed by atoms with E-state index in [1.54, 1.807) is 0 Å². The minimum Gasteiger partial charge on any atom is -0.486 e. The smallest absolute Gasteiger partial charge is 0.198 e. The van der Waals surface area contributed by atoms with Gasteiger partial charge in [-0.05, 0) is 75.3 Å². The molecule has 0 unspecified atom stereocenters. The molecule has 6 heteroatoms. The summed E-state index contributed by atoms with van der Waals surface area (Å²) in [5, 5.41) is 4.67. The van der Waals surface area contributed by atoms with Crippen LogP contribution in [0.4, 0.5) is 0 Å². The van der Waals surface area contributed by atoms with Gasteiger partial charge in [-0.15, -0.1) is 0 Å². The molecule has 0 atom stereocenters. The van der Waals surface area contributed by atoms with Crippen molar-refractivity contribution < 1.29 is 4.74 Å². The standard InChI is InChI=1S/C18H26N4OS/c1-14-7-8-16(11-15(14)2)23-12-17-19-22(18(24)20(17)3)13-21-9-5-4-6-10-21/h7-8,11H,4-6,9-10,12-13H2,1-3H3. The summed E-state index contributed by atoms with van der Waals surface area (Å²) in [7, 11) is 1.96. The lowest BCUT2D eigenvalue weighted by Gasteiger charge is -2.25. The molecule has 1 fully saturated rings. The Morgan fingerprint density at radius 3 is 2.58 bits per heavy atom. The van der Waals surface area contributed by atoms with Gasteiger partial charge < -0.3 is 9.30 Å². The first-order valence-corrected chi connectivity index (χ1v) is 9.00. The molecule has 1 aromatic heterocycles. The van der Waals surface area contributed by atoms with Crippen molar-refractivity contribution in [3.8, 4) is 5.75 Å². The van der Waals surface area contributed by atoms with E-state index in [0.29, 0.717) is 6.61 Å². The van der Waals surface area contributed by atoms with Crippen LogP contribution in [-0.4, -0.2) is 32.3 Å². The molecule has 0 bridgehead atoms. The Bertz CT molecular complexity index is 759. The number of piperidine rings is 1. The van der Waals surface area contributed by atoms with Crippen LogP contribution in [0.25, 0.3) is 0 Å². The number of hydrogen-bond donors (Lipinski definition) is 0. The highest BCUT2D eigenvalue weighted by atomic mass is 32.1. The number of nitrogens with zero attached hydrogens (tertiary/aromatic N) is 4. The molecule has 0 N–H and O–H groups in total. The summed E-state index contributed by atoms with van der Waals surface area (Å²) < 4.78 is 10.5. The van der Waals surface area contributed by atoms with Gasteiger partial charge in [-0.3, -0.25) is 4.90 Å². The van der Waals surface area contributed by atoms with E-state index in [0.717, 1.165) is 36.1 Å². The summed E-state index contributed by atoms with van der Waals surface area (Å²) in [6.45, 7) is 7.66. The van der Waals surface area contributed by atoms with E-state index in [4.69, 9.17) is 17.0 Å². The van der Waals surface area contributed by atoms with Gasteiger partial charge in [0.25, 0.3) is 0 Å². The van der Waals surface area contributed by atoms with Crippen LogP contribution in [0.15, 0.2) is 18.2 Å². The van der Waals surface area contributed by atoms with Crippen LogP contribution in [0.5, 0.6) is 5.75 Å². The van der Waals surface area contributed by atoms with Gasteiger partial charge in [0.15, 0.2) is 10.6 Å². The first-order chi connectivity index (χ1) is 11.5. The van der Waals surface area contributed by atoms with Crippen molar-refractivity contribution in [3.63, 3.8) is 0 Å². The number of hydrogen-bond acceptors (Lipinski definition) is 4. The molecule has 24 heavy (non-hydrogen) atoms. The predicted molar refractivity (Wildman–Crippen MR) is 97.7 cm³/mol. The molecule has 1 aliphatic rings. The maximum atomic E-state index is 5.91. The maximum absolute atomic E-state index is 5.91. The van der Waals surface area contributed by atoms with Crippen LogP contribution < -0.4 is 4.74 Å². The Labute approximate surface area is 148 Å². The van der Waals surface area contributed by atoms with Gasteiger partial charge in [0, 0.05) is 7.05 Å². The van der Waals surface area contributed by atoms with E-state index < -0.39 is 0 Å². The Kier molecular flexibility index (Phi) is 5.36. The molecule has 0 aliphatic carbocycles. The molecular formula is C18H26N4OS. The minimum atomic E-state index is 0.426. The summed E-state index contributed by atoms with van der Waals surface area (Å²) in [6, 6.07) is 6.15. The molecule has 0 amide bonds. The molecule has 130 valence electrons. The van der Waals surface area contributed by atoms with Crippen LogP contribution in [0.2, 0.25) is 0 Å². The lowest BCUT2D eigenvalue weighted by atomic mass is 10.1. The highest BCUT2D eigenvalue weighted by molar-refractivity contribution is 7.71. The topological polar surface area (TPSA) is 35.2 Å². The zero-order valence-corrected chi connectivity index (χ0v) is 15.6. The van der Waals surface area contributed by atoms with E-state index >= 15 is 0 Å². The molecule has 3 rings (SSSR count). The normalized spacial score (nSPS) is 15.6. The number of aromatic nitrogens is 3. The van der Waals surface area contributed by atoms with Gasteiger partial charge in [0.05, 0.1) is 6.67 Å². The van der Waals surface area contributed by atoms with Crippen molar-refractivity contribution in [1.29, 1.82) is 0 Å². The second-order valence-corrected chi connectivity index (χ2v) is 6.98. The zero-order chi connectivity index (χ0) is 17.1. The van der Waals surface area contributed by atoms with Crippen molar-refractivity contribution >= 4 is 12.2 Å². The second-order valence-electron chi connectivity index (χ2n) is 6.61. The average Bonchev–Trinajstić information content (AvgIpc) is 2.85. The predicted octanol–water partition coefficient (Wildman–Crippen LogP) is 3.59. The summed E-state index contributed by atoms with van der Waals surface area (Å²) in [4.78, 5) is 2.42. The van der Waals surface area contributed by atoms with Crippen molar-refractivity contribution in [2.24, 2.45) is 7.05 Å². The third-order valence-corrected chi connectivity index (χ3v) is 5.24. The first kappa shape index (κ1) is 17.2. The number of ether oxygens (including phenoxy) is 1. The molecule has 5 nitrogen and oxygen atoms in total. The number of likely N-dealkylation sites (tertiary alicyclic amines) is 1. The highest BCUT2D eigenvalue weighted by Crippen LogP contribution is 2.17. The summed E-state index contributed by atoms with van der Waals surface area (Å²) >= 11 is 5.53. The molecule has 2 aromatic rings.